The Bertz CT molecular complexity index is 586. The molecule has 1 atom stereocenters. The molecule has 0 bridgehead atoms. The van der Waals surface area contributed by atoms with Gasteiger partial charge in [0.05, 0.1) is 6.04 Å². The highest BCUT2D eigenvalue weighted by Gasteiger charge is 2.20. The van der Waals surface area contributed by atoms with Crippen molar-refractivity contribution in [3.63, 3.8) is 0 Å². The van der Waals surface area contributed by atoms with Crippen LogP contribution in [0.4, 0.5) is 0 Å². The smallest absolute Gasteiger partial charge is 0.134 e. The summed E-state index contributed by atoms with van der Waals surface area (Å²) in [7, 11) is 0. The first-order valence-electron chi connectivity index (χ1n) is 8.18. The topological polar surface area (TPSA) is 25.2 Å². The predicted octanol–water partition coefficient (Wildman–Crippen LogP) is 5.71. The molecule has 0 aliphatic heterocycles. The molecule has 3 rings (SSSR count). The molecule has 0 radical (unpaired) electrons. The van der Waals surface area contributed by atoms with Crippen molar-refractivity contribution in [3.05, 3.63) is 35.0 Å². The maximum absolute atomic E-state index is 6.06. The molecule has 1 N–H and O–H groups in total. The molecule has 1 aliphatic rings. The van der Waals surface area contributed by atoms with Crippen molar-refractivity contribution >= 4 is 22.6 Å². The SMILES string of the molecule is CCNC(CCC1CCCC1)c1cc2cc(Cl)ccc2o1. The minimum Gasteiger partial charge on any atom is -0.459 e. The fraction of sp³-hybridized carbons (Fsp3) is 0.556. The third-order valence-electron chi connectivity index (χ3n) is 4.63. The molecule has 0 saturated heterocycles. The summed E-state index contributed by atoms with van der Waals surface area (Å²) in [6.07, 6.45) is 8.12. The number of benzene rings is 1. The maximum Gasteiger partial charge on any atom is 0.134 e. The van der Waals surface area contributed by atoms with Crippen LogP contribution in [0.3, 0.4) is 0 Å². The summed E-state index contributed by atoms with van der Waals surface area (Å²) in [5.41, 5.74) is 0.929. The van der Waals surface area contributed by atoms with E-state index in [9.17, 15) is 0 Å². The van der Waals surface area contributed by atoms with E-state index in [1.54, 1.807) is 0 Å². The molecule has 1 fully saturated rings. The first kappa shape index (κ1) is 14.9. The van der Waals surface area contributed by atoms with Crippen molar-refractivity contribution in [2.75, 3.05) is 6.54 Å². The van der Waals surface area contributed by atoms with E-state index in [4.69, 9.17) is 16.0 Å². The molecule has 3 heteroatoms. The lowest BCUT2D eigenvalue weighted by molar-refractivity contribution is 0.372. The lowest BCUT2D eigenvalue weighted by atomic mass is 9.97. The summed E-state index contributed by atoms with van der Waals surface area (Å²) >= 11 is 6.06. The zero-order valence-corrected chi connectivity index (χ0v) is 13.5. The van der Waals surface area contributed by atoms with Crippen LogP contribution in [0.2, 0.25) is 5.02 Å². The van der Waals surface area contributed by atoms with Gasteiger partial charge in [-0.1, -0.05) is 44.2 Å². The molecule has 114 valence electrons. The lowest BCUT2D eigenvalue weighted by Gasteiger charge is -2.17. The number of hydrogen-bond acceptors (Lipinski definition) is 2. The Hall–Kier alpha value is -0.990. The van der Waals surface area contributed by atoms with Gasteiger partial charge >= 0.3 is 0 Å². The van der Waals surface area contributed by atoms with Gasteiger partial charge in [0.25, 0.3) is 0 Å². The fourth-order valence-electron chi connectivity index (χ4n) is 3.50. The standard InChI is InChI=1S/C18H24ClNO/c1-2-20-16(9-7-13-5-3-4-6-13)18-12-14-11-15(19)8-10-17(14)21-18/h8,10-13,16,20H,2-7,9H2,1H3. The second kappa shape index (κ2) is 6.85. The number of fused-ring (bicyclic) bond motifs is 1. The van der Waals surface area contributed by atoms with Crippen molar-refractivity contribution in [3.8, 4) is 0 Å². The molecule has 1 aromatic heterocycles. The van der Waals surface area contributed by atoms with Crippen LogP contribution in [-0.4, -0.2) is 6.54 Å². The van der Waals surface area contributed by atoms with Gasteiger partial charge in [0, 0.05) is 10.4 Å². The molecule has 21 heavy (non-hydrogen) atoms. The summed E-state index contributed by atoms with van der Waals surface area (Å²) in [4.78, 5) is 0. The van der Waals surface area contributed by atoms with Crippen LogP contribution >= 0.6 is 11.6 Å². The summed E-state index contributed by atoms with van der Waals surface area (Å²) < 4.78 is 6.03. The molecule has 1 aromatic carbocycles. The molecular formula is C18H24ClNO. The van der Waals surface area contributed by atoms with Crippen molar-refractivity contribution in [1.82, 2.24) is 5.32 Å². The third kappa shape index (κ3) is 3.61. The highest BCUT2D eigenvalue weighted by atomic mass is 35.5. The van der Waals surface area contributed by atoms with Gasteiger partial charge in [0.15, 0.2) is 0 Å². The molecule has 2 aromatic rings. The van der Waals surface area contributed by atoms with E-state index in [0.29, 0.717) is 6.04 Å². The number of hydrogen-bond donors (Lipinski definition) is 1. The van der Waals surface area contributed by atoms with Gasteiger partial charge in [0.1, 0.15) is 11.3 Å². The van der Waals surface area contributed by atoms with E-state index in [1.165, 1.54) is 32.1 Å². The fourth-order valence-corrected chi connectivity index (χ4v) is 3.68. The molecule has 0 amide bonds. The Balaban J connectivity index is 1.74. The van der Waals surface area contributed by atoms with Crippen molar-refractivity contribution in [2.24, 2.45) is 5.92 Å². The highest BCUT2D eigenvalue weighted by molar-refractivity contribution is 6.31. The van der Waals surface area contributed by atoms with Crippen molar-refractivity contribution in [2.45, 2.75) is 51.5 Å². The lowest BCUT2D eigenvalue weighted by Crippen LogP contribution is -2.21. The second-order valence-corrected chi connectivity index (χ2v) is 6.61. The largest absolute Gasteiger partial charge is 0.459 e. The normalized spacial score (nSPS) is 17.6. The van der Waals surface area contributed by atoms with E-state index in [1.807, 2.05) is 18.2 Å². The average molecular weight is 306 g/mol. The minimum absolute atomic E-state index is 0.321. The summed E-state index contributed by atoms with van der Waals surface area (Å²) in [5, 5.41) is 5.43. The maximum atomic E-state index is 6.06. The van der Waals surface area contributed by atoms with Crippen LogP contribution in [0.1, 0.15) is 57.3 Å². The Morgan fingerprint density at radius 1 is 1.29 bits per heavy atom. The molecule has 1 aliphatic carbocycles. The van der Waals surface area contributed by atoms with E-state index < -0.39 is 0 Å². The number of furan rings is 1. The Morgan fingerprint density at radius 3 is 2.86 bits per heavy atom. The Morgan fingerprint density at radius 2 is 2.10 bits per heavy atom. The average Bonchev–Trinajstić information content (AvgIpc) is 3.11. The quantitative estimate of drug-likeness (QED) is 0.739. The van der Waals surface area contributed by atoms with Gasteiger partial charge in [-0.15, -0.1) is 0 Å². The van der Waals surface area contributed by atoms with Crippen molar-refractivity contribution < 1.29 is 4.42 Å². The van der Waals surface area contributed by atoms with Gasteiger partial charge in [-0.25, -0.2) is 0 Å². The van der Waals surface area contributed by atoms with Gasteiger partial charge in [0.2, 0.25) is 0 Å². The third-order valence-corrected chi connectivity index (χ3v) is 4.86. The highest BCUT2D eigenvalue weighted by Crippen LogP contribution is 2.33. The molecule has 2 nitrogen and oxygen atoms in total. The zero-order valence-electron chi connectivity index (χ0n) is 12.7. The Kier molecular flexibility index (Phi) is 4.87. The monoisotopic (exact) mass is 305 g/mol. The predicted molar refractivity (Wildman–Crippen MR) is 88.8 cm³/mol. The van der Waals surface area contributed by atoms with Crippen LogP contribution in [0, 0.1) is 5.92 Å². The zero-order chi connectivity index (χ0) is 14.7. The van der Waals surface area contributed by atoms with Crippen LogP contribution in [0.25, 0.3) is 11.0 Å². The molecule has 1 saturated carbocycles. The van der Waals surface area contributed by atoms with Crippen LogP contribution in [0.15, 0.2) is 28.7 Å². The molecule has 1 unspecified atom stereocenters. The summed E-state index contributed by atoms with van der Waals surface area (Å²) in [6, 6.07) is 8.29. The summed E-state index contributed by atoms with van der Waals surface area (Å²) in [6.45, 7) is 3.12. The molecule has 1 heterocycles. The van der Waals surface area contributed by atoms with E-state index >= 15 is 0 Å². The van der Waals surface area contributed by atoms with Crippen LogP contribution < -0.4 is 5.32 Å². The first-order valence-corrected chi connectivity index (χ1v) is 8.56. The van der Waals surface area contributed by atoms with Gasteiger partial charge in [-0.2, -0.15) is 0 Å². The van der Waals surface area contributed by atoms with Crippen LogP contribution in [-0.2, 0) is 0 Å². The van der Waals surface area contributed by atoms with E-state index in [2.05, 4.69) is 18.3 Å². The molecular weight excluding hydrogens is 282 g/mol. The number of nitrogens with one attached hydrogen (secondary N) is 1. The number of rotatable bonds is 6. The second-order valence-electron chi connectivity index (χ2n) is 6.17. The minimum atomic E-state index is 0.321. The van der Waals surface area contributed by atoms with Gasteiger partial charge < -0.3 is 9.73 Å². The van der Waals surface area contributed by atoms with E-state index in [-0.39, 0.29) is 0 Å². The van der Waals surface area contributed by atoms with Gasteiger partial charge in [-0.05, 0) is 49.6 Å². The van der Waals surface area contributed by atoms with E-state index in [0.717, 1.165) is 40.6 Å². The number of halogens is 1. The van der Waals surface area contributed by atoms with Crippen molar-refractivity contribution in [1.29, 1.82) is 0 Å². The van der Waals surface area contributed by atoms with Crippen LogP contribution in [0.5, 0.6) is 0 Å². The first-order chi connectivity index (χ1) is 10.3. The summed E-state index contributed by atoms with van der Waals surface area (Å²) in [5.74, 6) is 1.97. The molecule has 0 spiro atoms. The van der Waals surface area contributed by atoms with Gasteiger partial charge in [-0.3, -0.25) is 0 Å². The Labute approximate surface area is 131 Å².